The number of rotatable bonds is 3. The molecule has 3 heterocycles. The Morgan fingerprint density at radius 1 is 1.29 bits per heavy atom. The highest BCUT2D eigenvalue weighted by atomic mass is 19.4. The molecule has 8 heteroatoms. The number of pyridine rings is 1. The normalized spacial score (nSPS) is 23.6. The van der Waals surface area contributed by atoms with Crippen LogP contribution in [0, 0.1) is 11.8 Å². The van der Waals surface area contributed by atoms with Crippen LogP contribution in [0.25, 0.3) is 11.1 Å². The number of fused-ring (bicyclic) bond motifs is 1. The minimum absolute atomic E-state index is 0.0301. The minimum atomic E-state index is -4.51. The van der Waals surface area contributed by atoms with Gasteiger partial charge in [0, 0.05) is 30.6 Å². The van der Waals surface area contributed by atoms with Crippen LogP contribution in [0.2, 0.25) is 0 Å². The van der Waals surface area contributed by atoms with Gasteiger partial charge in [-0.2, -0.15) is 13.2 Å². The summed E-state index contributed by atoms with van der Waals surface area (Å²) in [6, 6.07) is 1.11. The monoisotopic (exact) mass is 395 g/mol. The van der Waals surface area contributed by atoms with Crippen LogP contribution in [0.4, 0.5) is 13.2 Å². The Balaban J connectivity index is 1.62. The van der Waals surface area contributed by atoms with Crippen molar-refractivity contribution in [2.75, 3.05) is 13.1 Å². The van der Waals surface area contributed by atoms with Crippen molar-refractivity contribution in [3.05, 3.63) is 23.0 Å². The van der Waals surface area contributed by atoms with Crippen LogP contribution in [0.3, 0.4) is 0 Å². The Bertz CT molecular complexity index is 898. The number of nitrogens with zero attached hydrogens (tertiary/aromatic N) is 3. The average molecular weight is 395 g/mol. The van der Waals surface area contributed by atoms with E-state index in [4.69, 9.17) is 4.52 Å². The summed E-state index contributed by atoms with van der Waals surface area (Å²) in [7, 11) is 0. The van der Waals surface area contributed by atoms with Gasteiger partial charge >= 0.3 is 6.18 Å². The van der Waals surface area contributed by atoms with Gasteiger partial charge in [-0.05, 0) is 37.2 Å². The first-order valence-corrected chi connectivity index (χ1v) is 9.83. The molecule has 1 amide bonds. The van der Waals surface area contributed by atoms with Crippen molar-refractivity contribution in [3.8, 4) is 0 Å². The number of halogens is 3. The Morgan fingerprint density at radius 3 is 2.46 bits per heavy atom. The molecule has 0 aromatic carbocycles. The molecule has 1 saturated heterocycles. The van der Waals surface area contributed by atoms with E-state index < -0.39 is 11.7 Å². The second-order valence-electron chi connectivity index (χ2n) is 8.41. The van der Waals surface area contributed by atoms with Crippen LogP contribution >= 0.6 is 0 Å². The first-order chi connectivity index (χ1) is 13.2. The lowest BCUT2D eigenvalue weighted by molar-refractivity contribution is -0.136. The summed E-state index contributed by atoms with van der Waals surface area (Å²) in [6.45, 7) is 6.73. The number of carbonyl (C=O) groups is 1. The fourth-order valence-electron chi connectivity index (χ4n) is 4.06. The van der Waals surface area contributed by atoms with Crippen molar-refractivity contribution in [2.45, 2.75) is 58.0 Å². The Morgan fingerprint density at radius 2 is 1.93 bits per heavy atom. The summed E-state index contributed by atoms with van der Waals surface area (Å²) < 4.78 is 46.4. The maximum Gasteiger partial charge on any atom is 0.417 e. The smallest absolute Gasteiger partial charge is 0.342 e. The third-order valence-corrected chi connectivity index (χ3v) is 6.01. The second kappa shape index (κ2) is 6.74. The number of likely N-dealkylation sites (tertiary alicyclic amines) is 1. The van der Waals surface area contributed by atoms with Gasteiger partial charge in [0.15, 0.2) is 0 Å². The van der Waals surface area contributed by atoms with Gasteiger partial charge in [0.05, 0.1) is 16.6 Å². The highest BCUT2D eigenvalue weighted by Gasteiger charge is 2.43. The van der Waals surface area contributed by atoms with E-state index in [-0.39, 0.29) is 34.8 Å². The molecule has 5 nitrogen and oxygen atoms in total. The lowest BCUT2D eigenvalue weighted by Crippen LogP contribution is -2.39. The number of alkyl halides is 3. The van der Waals surface area contributed by atoms with Gasteiger partial charge in [-0.25, -0.2) is 4.98 Å². The van der Waals surface area contributed by atoms with Crippen molar-refractivity contribution in [1.29, 1.82) is 0 Å². The molecule has 2 aromatic rings. The fourth-order valence-corrected chi connectivity index (χ4v) is 4.06. The Kier molecular flexibility index (Phi) is 4.62. The van der Waals surface area contributed by atoms with Crippen molar-refractivity contribution in [3.63, 3.8) is 0 Å². The van der Waals surface area contributed by atoms with Gasteiger partial charge in [-0.3, -0.25) is 4.79 Å². The quantitative estimate of drug-likeness (QED) is 0.754. The highest BCUT2D eigenvalue weighted by Crippen LogP contribution is 2.43. The summed E-state index contributed by atoms with van der Waals surface area (Å²) in [6.07, 6.45) is -2.41. The van der Waals surface area contributed by atoms with Crippen LogP contribution in [0.15, 0.2) is 10.6 Å². The molecule has 152 valence electrons. The predicted molar refractivity (Wildman–Crippen MR) is 96.7 cm³/mol. The van der Waals surface area contributed by atoms with E-state index in [9.17, 15) is 18.0 Å². The molecule has 2 aromatic heterocycles. The third kappa shape index (κ3) is 3.37. The summed E-state index contributed by atoms with van der Waals surface area (Å²) >= 11 is 0. The summed E-state index contributed by atoms with van der Waals surface area (Å²) in [4.78, 5) is 18.5. The van der Waals surface area contributed by atoms with E-state index >= 15 is 0 Å². The maximum atomic E-state index is 13.7. The number of aromatic nitrogens is 2. The van der Waals surface area contributed by atoms with Crippen LogP contribution in [0.5, 0.6) is 0 Å². The van der Waals surface area contributed by atoms with Crippen molar-refractivity contribution < 1.29 is 22.5 Å². The third-order valence-electron chi connectivity index (χ3n) is 6.01. The Hall–Kier alpha value is -2.12. The van der Waals surface area contributed by atoms with E-state index in [0.717, 1.165) is 12.5 Å². The van der Waals surface area contributed by atoms with Gasteiger partial charge < -0.3 is 9.42 Å². The lowest BCUT2D eigenvalue weighted by atomic mass is 9.90. The van der Waals surface area contributed by atoms with Gasteiger partial charge in [-0.1, -0.05) is 25.9 Å². The zero-order valence-electron chi connectivity index (χ0n) is 16.2. The zero-order chi connectivity index (χ0) is 20.2. The van der Waals surface area contributed by atoms with E-state index in [2.05, 4.69) is 17.1 Å². The molecule has 28 heavy (non-hydrogen) atoms. The van der Waals surface area contributed by atoms with Crippen molar-refractivity contribution in [2.24, 2.45) is 11.8 Å². The molecular weight excluding hydrogens is 371 g/mol. The summed E-state index contributed by atoms with van der Waals surface area (Å²) in [5.74, 6) is 0.420. The standard InChI is InChI=1S/C20H24F3N3O2/c1-10(2)15-9-14(20(21,22)23)16-17(25-28-18(16)24-15)12-4-6-26(7-5-12)19(27)13-8-11(13)3/h9-13H,4-8H2,1-3H3/t11-,13-/m1/s1. The average Bonchev–Trinajstić information content (AvgIpc) is 3.22. The molecule has 0 bridgehead atoms. The van der Waals surface area contributed by atoms with Crippen LogP contribution in [-0.2, 0) is 11.0 Å². The molecule has 0 spiro atoms. The largest absolute Gasteiger partial charge is 0.417 e. The fraction of sp³-hybridized carbons (Fsp3) is 0.650. The van der Waals surface area contributed by atoms with Gasteiger partial charge in [0.25, 0.3) is 5.71 Å². The SMILES string of the molecule is CC(C)c1cc(C(F)(F)F)c2c(C3CCN(C(=O)[C@@H]4C[C@H]4C)CC3)noc2n1. The van der Waals surface area contributed by atoms with E-state index in [0.29, 0.717) is 43.2 Å². The first-order valence-electron chi connectivity index (χ1n) is 9.83. The molecular formula is C20H24F3N3O2. The molecule has 0 N–H and O–H groups in total. The van der Waals surface area contributed by atoms with Gasteiger partial charge in [-0.15, -0.1) is 0 Å². The molecule has 2 aliphatic rings. The van der Waals surface area contributed by atoms with Crippen LogP contribution < -0.4 is 0 Å². The molecule has 2 fully saturated rings. The molecule has 1 saturated carbocycles. The topological polar surface area (TPSA) is 59.2 Å². The summed E-state index contributed by atoms with van der Waals surface area (Å²) in [5, 5.41) is 3.95. The van der Waals surface area contributed by atoms with E-state index in [1.165, 1.54) is 0 Å². The zero-order valence-corrected chi connectivity index (χ0v) is 16.2. The molecule has 0 radical (unpaired) electrons. The lowest BCUT2D eigenvalue weighted by Gasteiger charge is -2.31. The molecule has 0 unspecified atom stereocenters. The Labute approximate surface area is 161 Å². The van der Waals surface area contributed by atoms with Gasteiger partial charge in [0.1, 0.15) is 0 Å². The van der Waals surface area contributed by atoms with Crippen LogP contribution in [0.1, 0.15) is 68.8 Å². The summed E-state index contributed by atoms with van der Waals surface area (Å²) in [5.41, 5.74) is -0.139. The van der Waals surface area contributed by atoms with Crippen molar-refractivity contribution in [1.82, 2.24) is 15.0 Å². The number of amides is 1. The maximum absolute atomic E-state index is 13.7. The number of hydrogen-bond acceptors (Lipinski definition) is 4. The first kappa shape index (κ1) is 19.2. The van der Waals surface area contributed by atoms with Crippen molar-refractivity contribution >= 4 is 17.0 Å². The molecule has 1 aliphatic carbocycles. The second-order valence-corrected chi connectivity index (χ2v) is 8.41. The number of piperidine rings is 1. The van der Waals surface area contributed by atoms with Gasteiger partial charge in [0.2, 0.25) is 5.91 Å². The minimum Gasteiger partial charge on any atom is -0.342 e. The number of hydrogen-bond donors (Lipinski definition) is 0. The van der Waals surface area contributed by atoms with Crippen LogP contribution in [-0.4, -0.2) is 34.0 Å². The van der Waals surface area contributed by atoms with E-state index in [1.807, 2.05) is 4.90 Å². The number of carbonyl (C=O) groups excluding carboxylic acids is 1. The molecule has 4 rings (SSSR count). The highest BCUT2D eigenvalue weighted by molar-refractivity contribution is 5.83. The molecule has 2 atom stereocenters. The van der Waals surface area contributed by atoms with E-state index in [1.54, 1.807) is 13.8 Å². The predicted octanol–water partition coefficient (Wildman–Crippen LogP) is 4.73. The molecule has 1 aliphatic heterocycles.